The minimum atomic E-state index is -3.60. The predicted molar refractivity (Wildman–Crippen MR) is 98.9 cm³/mol. The van der Waals surface area contributed by atoms with Crippen molar-refractivity contribution in [2.45, 2.75) is 32.1 Å². The van der Waals surface area contributed by atoms with Gasteiger partial charge in [-0.3, -0.25) is 4.79 Å². The summed E-state index contributed by atoms with van der Waals surface area (Å²) in [6.07, 6.45) is 0.796. The van der Waals surface area contributed by atoms with Crippen molar-refractivity contribution in [1.82, 2.24) is 4.72 Å². The number of carbonyl (C=O) groups is 1. The molecule has 0 aromatic heterocycles. The van der Waals surface area contributed by atoms with Gasteiger partial charge in [0.05, 0.1) is 11.8 Å². The topological polar surface area (TPSA) is 66.5 Å². The molecule has 2 aromatic rings. The van der Waals surface area contributed by atoms with Crippen LogP contribution in [0.1, 0.15) is 23.6 Å². The molecule has 0 saturated carbocycles. The Hall–Kier alpha value is -2.18. The summed E-state index contributed by atoms with van der Waals surface area (Å²) in [6, 6.07) is 14.2. The Balaban J connectivity index is 1.68. The van der Waals surface area contributed by atoms with Gasteiger partial charge in [-0.25, -0.2) is 13.1 Å². The van der Waals surface area contributed by atoms with Crippen molar-refractivity contribution in [3.8, 4) is 0 Å². The van der Waals surface area contributed by atoms with E-state index in [9.17, 15) is 13.2 Å². The fourth-order valence-corrected chi connectivity index (χ4v) is 4.42. The van der Waals surface area contributed by atoms with Gasteiger partial charge in [0, 0.05) is 12.2 Å². The van der Waals surface area contributed by atoms with Gasteiger partial charge < -0.3 is 4.90 Å². The Morgan fingerprint density at radius 3 is 2.56 bits per heavy atom. The summed E-state index contributed by atoms with van der Waals surface area (Å²) in [4.78, 5) is 14.3. The number of sulfonamides is 1. The van der Waals surface area contributed by atoms with Crippen LogP contribution in [0.2, 0.25) is 0 Å². The Labute approximate surface area is 148 Å². The second-order valence-corrected chi connectivity index (χ2v) is 8.21. The van der Waals surface area contributed by atoms with E-state index < -0.39 is 16.1 Å². The number of fused-ring (bicyclic) bond motifs is 1. The fraction of sp³-hybridized carbons (Fsp3) is 0.316. The molecular weight excluding hydrogens is 336 g/mol. The maximum absolute atomic E-state index is 12.7. The van der Waals surface area contributed by atoms with Gasteiger partial charge in [0.1, 0.15) is 0 Å². The van der Waals surface area contributed by atoms with Crippen molar-refractivity contribution in [2.75, 3.05) is 11.4 Å². The second kappa shape index (κ2) is 6.98. The zero-order chi connectivity index (χ0) is 18.0. The van der Waals surface area contributed by atoms with Gasteiger partial charge in [0.25, 0.3) is 0 Å². The maximum atomic E-state index is 12.7. The van der Waals surface area contributed by atoms with Crippen molar-refractivity contribution in [3.63, 3.8) is 0 Å². The highest BCUT2D eigenvalue weighted by Gasteiger charge is 2.29. The van der Waals surface area contributed by atoms with E-state index in [2.05, 4.69) is 4.72 Å². The number of anilines is 1. The average molecular weight is 358 g/mol. The number of aryl methyl sites for hydroxylation is 1. The summed E-state index contributed by atoms with van der Waals surface area (Å²) >= 11 is 0. The maximum Gasteiger partial charge on any atom is 0.244 e. The molecule has 0 spiro atoms. The summed E-state index contributed by atoms with van der Waals surface area (Å²) in [5.41, 5.74) is 3.76. The van der Waals surface area contributed by atoms with Crippen LogP contribution >= 0.6 is 0 Å². The molecule has 0 radical (unpaired) electrons. The first-order valence-corrected chi connectivity index (χ1v) is 9.96. The van der Waals surface area contributed by atoms with E-state index in [1.54, 1.807) is 24.0 Å². The molecule has 1 aliphatic rings. The lowest BCUT2D eigenvalue weighted by atomic mass is 10.2. The van der Waals surface area contributed by atoms with Crippen molar-refractivity contribution in [1.29, 1.82) is 0 Å². The number of nitrogens with one attached hydrogen (secondary N) is 1. The van der Waals surface area contributed by atoms with E-state index in [-0.39, 0.29) is 11.7 Å². The number of hydrogen-bond acceptors (Lipinski definition) is 3. The number of amides is 1. The van der Waals surface area contributed by atoms with E-state index in [0.29, 0.717) is 12.1 Å². The highest BCUT2D eigenvalue weighted by Crippen LogP contribution is 2.27. The molecule has 6 heteroatoms. The zero-order valence-corrected chi connectivity index (χ0v) is 15.2. The number of para-hydroxylation sites is 1. The Kier molecular flexibility index (Phi) is 4.92. The molecule has 1 atom stereocenters. The molecule has 0 saturated heterocycles. The Morgan fingerprint density at radius 2 is 1.84 bits per heavy atom. The quantitative estimate of drug-likeness (QED) is 0.892. The SMILES string of the molecule is Cc1ccc(CS(=O)(=O)N[C@@H](C)C(=O)N2CCc3ccccc32)cc1. The smallest absolute Gasteiger partial charge is 0.244 e. The van der Waals surface area contributed by atoms with Crippen molar-refractivity contribution in [3.05, 3.63) is 65.2 Å². The third kappa shape index (κ3) is 4.08. The molecule has 0 bridgehead atoms. The van der Waals surface area contributed by atoms with Crippen LogP contribution in [-0.4, -0.2) is 26.9 Å². The molecule has 25 heavy (non-hydrogen) atoms. The monoisotopic (exact) mass is 358 g/mol. The highest BCUT2D eigenvalue weighted by atomic mass is 32.2. The van der Waals surface area contributed by atoms with Gasteiger partial charge in [-0.1, -0.05) is 48.0 Å². The van der Waals surface area contributed by atoms with Gasteiger partial charge in [0.15, 0.2) is 0 Å². The van der Waals surface area contributed by atoms with E-state index in [4.69, 9.17) is 0 Å². The van der Waals surface area contributed by atoms with Crippen LogP contribution in [0.4, 0.5) is 5.69 Å². The van der Waals surface area contributed by atoms with Gasteiger partial charge in [-0.2, -0.15) is 0 Å². The minimum Gasteiger partial charge on any atom is -0.310 e. The largest absolute Gasteiger partial charge is 0.310 e. The minimum absolute atomic E-state index is 0.137. The summed E-state index contributed by atoms with van der Waals surface area (Å²) in [6.45, 7) is 4.13. The lowest BCUT2D eigenvalue weighted by molar-refractivity contribution is -0.119. The average Bonchev–Trinajstić information content (AvgIpc) is 2.99. The standard InChI is InChI=1S/C19H22N2O3S/c1-14-7-9-16(10-8-14)13-25(23,24)20-15(2)19(22)21-12-11-17-5-3-4-6-18(17)21/h3-10,15,20H,11-13H2,1-2H3/t15-/m0/s1. The van der Waals surface area contributed by atoms with E-state index in [1.165, 1.54) is 0 Å². The molecule has 0 aliphatic carbocycles. The molecule has 0 unspecified atom stereocenters. The van der Waals surface area contributed by atoms with Gasteiger partial charge in [0.2, 0.25) is 15.9 Å². The number of benzene rings is 2. The first kappa shape index (κ1) is 17.6. The van der Waals surface area contributed by atoms with Crippen LogP contribution in [0.15, 0.2) is 48.5 Å². The number of rotatable bonds is 5. The van der Waals surface area contributed by atoms with Crippen LogP contribution in [-0.2, 0) is 27.0 Å². The summed E-state index contributed by atoms with van der Waals surface area (Å²) in [5.74, 6) is -0.362. The number of nitrogens with zero attached hydrogens (tertiary/aromatic N) is 1. The third-order valence-electron chi connectivity index (χ3n) is 4.36. The van der Waals surface area contributed by atoms with Crippen LogP contribution in [0.3, 0.4) is 0 Å². The van der Waals surface area contributed by atoms with Gasteiger partial charge in [-0.15, -0.1) is 0 Å². The molecule has 3 rings (SSSR count). The van der Waals surface area contributed by atoms with E-state index in [0.717, 1.165) is 23.2 Å². The van der Waals surface area contributed by atoms with Gasteiger partial charge in [-0.05, 0) is 37.5 Å². The predicted octanol–water partition coefficient (Wildman–Crippen LogP) is 2.39. The van der Waals surface area contributed by atoms with E-state index in [1.807, 2.05) is 43.3 Å². The van der Waals surface area contributed by atoms with Crippen LogP contribution < -0.4 is 9.62 Å². The molecule has 1 N–H and O–H groups in total. The highest BCUT2D eigenvalue weighted by molar-refractivity contribution is 7.88. The number of carbonyl (C=O) groups excluding carboxylic acids is 1. The van der Waals surface area contributed by atoms with Crippen LogP contribution in [0.25, 0.3) is 0 Å². The molecule has 5 nitrogen and oxygen atoms in total. The first-order valence-electron chi connectivity index (χ1n) is 8.30. The zero-order valence-electron chi connectivity index (χ0n) is 14.4. The molecule has 1 aliphatic heterocycles. The molecule has 1 heterocycles. The normalized spacial score (nSPS) is 15.0. The summed E-state index contributed by atoms with van der Waals surface area (Å²) in [7, 11) is -3.60. The van der Waals surface area contributed by atoms with E-state index >= 15 is 0 Å². The first-order chi connectivity index (χ1) is 11.9. The number of hydrogen-bond donors (Lipinski definition) is 1. The molecule has 2 aromatic carbocycles. The van der Waals surface area contributed by atoms with Crippen LogP contribution in [0.5, 0.6) is 0 Å². The molecule has 1 amide bonds. The van der Waals surface area contributed by atoms with Crippen molar-refractivity contribution >= 4 is 21.6 Å². The third-order valence-corrected chi connectivity index (χ3v) is 5.78. The second-order valence-electron chi connectivity index (χ2n) is 6.45. The molecule has 132 valence electrons. The van der Waals surface area contributed by atoms with Crippen molar-refractivity contribution < 1.29 is 13.2 Å². The molecular formula is C19H22N2O3S. The van der Waals surface area contributed by atoms with Crippen LogP contribution in [0, 0.1) is 6.92 Å². The molecule has 0 fully saturated rings. The summed E-state index contributed by atoms with van der Waals surface area (Å²) < 4.78 is 27.3. The van der Waals surface area contributed by atoms with Gasteiger partial charge >= 0.3 is 0 Å². The van der Waals surface area contributed by atoms with Crippen molar-refractivity contribution in [2.24, 2.45) is 0 Å². The summed E-state index contributed by atoms with van der Waals surface area (Å²) in [5, 5.41) is 0. The fourth-order valence-electron chi connectivity index (χ4n) is 3.07. The Bertz CT molecular complexity index is 876. The lowest BCUT2D eigenvalue weighted by Crippen LogP contribution is -2.46. The lowest BCUT2D eigenvalue weighted by Gasteiger charge is -2.22. The Morgan fingerprint density at radius 1 is 1.16 bits per heavy atom.